The number of thiophene rings is 1. The van der Waals surface area contributed by atoms with Gasteiger partial charge in [-0.3, -0.25) is 9.59 Å². The van der Waals surface area contributed by atoms with Gasteiger partial charge in [-0.25, -0.2) is 17.7 Å². The van der Waals surface area contributed by atoms with Crippen molar-refractivity contribution in [2.24, 2.45) is 0 Å². The van der Waals surface area contributed by atoms with Crippen LogP contribution >= 0.6 is 23.1 Å². The number of carbonyl (C=O) groups is 1. The van der Waals surface area contributed by atoms with E-state index in [1.54, 1.807) is 18.3 Å². The number of aryl methyl sites for hydroxylation is 2. The number of rotatable bonds is 10. The quantitative estimate of drug-likeness (QED) is 0.511. The van der Waals surface area contributed by atoms with E-state index in [-0.39, 0.29) is 17.2 Å². The maximum absolute atomic E-state index is 12.5. The molecule has 1 aliphatic carbocycles. The summed E-state index contributed by atoms with van der Waals surface area (Å²) in [7, 11) is -3.20. The van der Waals surface area contributed by atoms with E-state index in [1.807, 2.05) is 0 Å². The summed E-state index contributed by atoms with van der Waals surface area (Å²) < 4.78 is 24.5. The van der Waals surface area contributed by atoms with Gasteiger partial charge in [0.2, 0.25) is 15.9 Å². The first kappa shape index (κ1) is 23.2. The highest BCUT2D eigenvalue weighted by atomic mass is 32.2. The lowest BCUT2D eigenvalue weighted by atomic mass is 9.97. The summed E-state index contributed by atoms with van der Waals surface area (Å²) in [5.41, 5.74) is 1.09. The molecule has 11 heteroatoms. The number of aromatic nitrogens is 2. The second kappa shape index (κ2) is 10.3. The Morgan fingerprint density at radius 1 is 1.33 bits per heavy atom. The van der Waals surface area contributed by atoms with Gasteiger partial charge in [-0.15, -0.1) is 23.1 Å². The Hall–Kier alpha value is -1.43. The van der Waals surface area contributed by atoms with E-state index in [9.17, 15) is 18.0 Å². The van der Waals surface area contributed by atoms with Crippen LogP contribution in [0.25, 0.3) is 10.2 Å². The molecule has 0 radical (unpaired) electrons. The topological polar surface area (TPSA) is 112 Å². The van der Waals surface area contributed by atoms with Gasteiger partial charge in [-0.2, -0.15) is 0 Å². The standard InChI is InChI=1S/C19H28N4O4S3/c1-3-23(30(2,26)27)10-6-9-20-16(24)12-28-11-15-21-18(25)17-13-7-4-5-8-14(13)29-19(17)22-15/h3-12H2,1-2H3,(H,20,24)(H,21,22,25). The summed E-state index contributed by atoms with van der Waals surface area (Å²) in [6, 6.07) is 0. The first-order valence-electron chi connectivity index (χ1n) is 10.1. The summed E-state index contributed by atoms with van der Waals surface area (Å²) in [5.74, 6) is 1.19. The van der Waals surface area contributed by atoms with Gasteiger partial charge in [0.25, 0.3) is 5.56 Å². The van der Waals surface area contributed by atoms with Crippen LogP contribution in [0.1, 0.15) is 42.5 Å². The van der Waals surface area contributed by atoms with Gasteiger partial charge in [-0.05, 0) is 37.7 Å². The van der Waals surface area contributed by atoms with Gasteiger partial charge in [0.05, 0.1) is 23.1 Å². The molecule has 2 N–H and O–H groups in total. The van der Waals surface area contributed by atoms with Crippen molar-refractivity contribution in [2.45, 2.75) is 44.8 Å². The first-order chi connectivity index (χ1) is 14.3. The molecule has 2 heterocycles. The minimum Gasteiger partial charge on any atom is -0.355 e. The molecule has 0 aliphatic heterocycles. The van der Waals surface area contributed by atoms with Crippen LogP contribution in [0.4, 0.5) is 0 Å². The molecule has 0 aromatic carbocycles. The van der Waals surface area contributed by atoms with E-state index < -0.39 is 10.0 Å². The SMILES string of the molecule is CCN(CCCNC(=O)CSCc1nc2sc3c(c2c(=O)[nH]1)CCCC3)S(C)(=O)=O. The highest BCUT2D eigenvalue weighted by Gasteiger charge is 2.20. The zero-order valence-electron chi connectivity index (χ0n) is 17.3. The van der Waals surface area contributed by atoms with E-state index in [1.165, 1.54) is 39.2 Å². The smallest absolute Gasteiger partial charge is 0.259 e. The molecule has 2 aromatic rings. The Morgan fingerprint density at radius 2 is 2.10 bits per heavy atom. The maximum atomic E-state index is 12.5. The Morgan fingerprint density at radius 3 is 2.83 bits per heavy atom. The number of fused-ring (bicyclic) bond motifs is 3. The number of nitrogens with one attached hydrogen (secondary N) is 2. The summed E-state index contributed by atoms with van der Waals surface area (Å²) in [6.07, 6.45) is 6.02. The van der Waals surface area contributed by atoms with Crippen LogP contribution in [0.2, 0.25) is 0 Å². The lowest BCUT2D eigenvalue weighted by Crippen LogP contribution is -2.34. The molecule has 0 saturated heterocycles. The number of hydrogen-bond acceptors (Lipinski definition) is 7. The van der Waals surface area contributed by atoms with Gasteiger partial charge in [0, 0.05) is 24.5 Å². The third-order valence-corrected chi connectivity index (χ3v) is 8.58. The van der Waals surface area contributed by atoms with Crippen LogP contribution in [0.5, 0.6) is 0 Å². The highest BCUT2D eigenvalue weighted by molar-refractivity contribution is 7.99. The minimum atomic E-state index is -3.20. The Balaban J connectivity index is 1.45. The summed E-state index contributed by atoms with van der Waals surface area (Å²) in [5, 5.41) is 3.55. The van der Waals surface area contributed by atoms with Crippen molar-refractivity contribution >= 4 is 49.2 Å². The summed E-state index contributed by atoms with van der Waals surface area (Å²) in [6.45, 7) is 3.02. The van der Waals surface area contributed by atoms with Gasteiger partial charge in [0.15, 0.2) is 0 Å². The van der Waals surface area contributed by atoms with E-state index >= 15 is 0 Å². The molecule has 0 unspecified atom stereocenters. The van der Waals surface area contributed by atoms with E-state index in [4.69, 9.17) is 0 Å². The average molecular weight is 473 g/mol. The Bertz CT molecular complexity index is 1060. The minimum absolute atomic E-state index is 0.0780. The molecule has 0 atom stereocenters. The fraction of sp³-hybridized carbons (Fsp3) is 0.632. The zero-order chi connectivity index (χ0) is 21.7. The maximum Gasteiger partial charge on any atom is 0.259 e. The number of nitrogens with zero attached hydrogens (tertiary/aromatic N) is 2. The predicted molar refractivity (Wildman–Crippen MR) is 123 cm³/mol. The molecule has 1 aliphatic rings. The second-order valence-electron chi connectivity index (χ2n) is 7.35. The van der Waals surface area contributed by atoms with Crippen LogP contribution < -0.4 is 10.9 Å². The van der Waals surface area contributed by atoms with Crippen LogP contribution in [-0.2, 0) is 33.4 Å². The number of sulfonamides is 1. The van der Waals surface area contributed by atoms with Crippen molar-refractivity contribution < 1.29 is 13.2 Å². The van der Waals surface area contributed by atoms with Crippen molar-refractivity contribution in [1.82, 2.24) is 19.6 Å². The van der Waals surface area contributed by atoms with Gasteiger partial charge in [-0.1, -0.05) is 6.92 Å². The number of thioether (sulfide) groups is 1. The van der Waals surface area contributed by atoms with Crippen molar-refractivity contribution in [3.63, 3.8) is 0 Å². The first-order valence-corrected chi connectivity index (χ1v) is 13.9. The van der Waals surface area contributed by atoms with E-state index in [2.05, 4.69) is 15.3 Å². The molecule has 30 heavy (non-hydrogen) atoms. The molecule has 2 aromatic heterocycles. The fourth-order valence-electron chi connectivity index (χ4n) is 3.61. The molecule has 0 bridgehead atoms. The van der Waals surface area contributed by atoms with Gasteiger partial charge < -0.3 is 10.3 Å². The normalized spacial score (nSPS) is 14.2. The van der Waals surface area contributed by atoms with Crippen LogP contribution in [-0.4, -0.2) is 60.2 Å². The fourth-order valence-corrected chi connectivity index (χ4v) is 6.54. The molecule has 1 amide bonds. The molecule has 0 spiro atoms. The van der Waals surface area contributed by atoms with Crippen molar-refractivity contribution in [1.29, 1.82) is 0 Å². The van der Waals surface area contributed by atoms with Gasteiger partial charge >= 0.3 is 0 Å². The number of hydrogen-bond donors (Lipinski definition) is 2. The second-order valence-corrected chi connectivity index (χ2v) is 11.4. The summed E-state index contributed by atoms with van der Waals surface area (Å²) in [4.78, 5) is 34.1. The number of aromatic amines is 1. The van der Waals surface area contributed by atoms with E-state index in [0.717, 1.165) is 29.5 Å². The molecular weight excluding hydrogens is 444 g/mol. The third-order valence-electron chi connectivity index (χ3n) is 5.07. The lowest BCUT2D eigenvalue weighted by Gasteiger charge is -2.17. The number of amides is 1. The number of H-pyrrole nitrogens is 1. The largest absolute Gasteiger partial charge is 0.355 e. The summed E-state index contributed by atoms with van der Waals surface area (Å²) >= 11 is 3.01. The highest BCUT2D eigenvalue weighted by Crippen LogP contribution is 2.33. The average Bonchev–Trinajstić information content (AvgIpc) is 3.05. The van der Waals surface area contributed by atoms with Crippen LogP contribution in [0.15, 0.2) is 4.79 Å². The van der Waals surface area contributed by atoms with Crippen molar-refractivity contribution in [3.8, 4) is 0 Å². The third kappa shape index (κ3) is 5.83. The number of carbonyl (C=O) groups excluding carboxylic acids is 1. The molecular formula is C19H28N4O4S3. The Labute approximate surface area is 184 Å². The van der Waals surface area contributed by atoms with Crippen LogP contribution in [0.3, 0.4) is 0 Å². The van der Waals surface area contributed by atoms with Crippen molar-refractivity contribution in [3.05, 3.63) is 26.6 Å². The van der Waals surface area contributed by atoms with E-state index in [0.29, 0.717) is 37.6 Å². The monoisotopic (exact) mass is 472 g/mol. The molecule has 8 nitrogen and oxygen atoms in total. The predicted octanol–water partition coefficient (Wildman–Crippen LogP) is 1.88. The molecule has 3 rings (SSSR count). The molecule has 166 valence electrons. The van der Waals surface area contributed by atoms with Crippen molar-refractivity contribution in [2.75, 3.05) is 31.6 Å². The lowest BCUT2D eigenvalue weighted by molar-refractivity contribution is -0.118. The molecule has 0 saturated carbocycles. The Kier molecular flexibility index (Phi) is 7.94. The van der Waals surface area contributed by atoms with Gasteiger partial charge in [0.1, 0.15) is 10.7 Å². The molecule has 0 fully saturated rings. The van der Waals surface area contributed by atoms with Crippen LogP contribution in [0, 0.1) is 0 Å². The zero-order valence-corrected chi connectivity index (χ0v) is 19.8.